The smallest absolute Gasteiger partial charge is 0.328 e. The Morgan fingerprint density at radius 2 is 1.55 bits per heavy atom. The zero-order chi connectivity index (χ0) is 27.7. The van der Waals surface area contributed by atoms with Crippen molar-refractivity contribution in [2.24, 2.45) is 0 Å². The Hall–Kier alpha value is -4.47. The molecule has 0 unspecified atom stereocenters. The Bertz CT molecular complexity index is 1220. The van der Waals surface area contributed by atoms with Crippen LogP contribution in [0, 0.1) is 0 Å². The van der Waals surface area contributed by atoms with Crippen molar-refractivity contribution in [2.75, 3.05) is 13.9 Å². The van der Waals surface area contributed by atoms with Gasteiger partial charge in [-0.3, -0.25) is 9.59 Å². The van der Waals surface area contributed by atoms with Gasteiger partial charge in [-0.1, -0.05) is 60.7 Å². The SMILES string of the molecule is COc1ccnc(C(=O)N[C@@H](C)C(=O)O[C@@H](C)C(F)(c2ccccc2)c2ccccc2)c1OCOC(C)=O. The summed E-state index contributed by atoms with van der Waals surface area (Å²) in [6, 6.07) is 17.1. The maximum absolute atomic E-state index is 16.7. The fourth-order valence-electron chi connectivity index (χ4n) is 3.74. The number of nitrogens with one attached hydrogen (secondary N) is 1. The number of hydrogen-bond donors (Lipinski definition) is 1. The average Bonchev–Trinajstić information content (AvgIpc) is 2.93. The van der Waals surface area contributed by atoms with Gasteiger partial charge >= 0.3 is 11.9 Å². The minimum Gasteiger partial charge on any atom is -0.493 e. The molecule has 1 amide bonds. The van der Waals surface area contributed by atoms with Gasteiger partial charge in [-0.25, -0.2) is 14.2 Å². The number of ether oxygens (including phenoxy) is 4. The molecule has 0 aliphatic heterocycles. The molecule has 38 heavy (non-hydrogen) atoms. The number of carbonyl (C=O) groups is 3. The quantitative estimate of drug-likeness (QED) is 0.296. The predicted molar refractivity (Wildman–Crippen MR) is 135 cm³/mol. The number of hydrogen-bond acceptors (Lipinski definition) is 8. The maximum Gasteiger partial charge on any atom is 0.328 e. The molecule has 0 fully saturated rings. The number of esters is 2. The van der Waals surface area contributed by atoms with Crippen molar-refractivity contribution < 1.29 is 37.7 Å². The first kappa shape index (κ1) is 28.1. The zero-order valence-corrected chi connectivity index (χ0v) is 21.5. The van der Waals surface area contributed by atoms with E-state index in [1.807, 2.05) is 0 Å². The van der Waals surface area contributed by atoms with Crippen molar-refractivity contribution in [1.29, 1.82) is 0 Å². The van der Waals surface area contributed by atoms with Crippen LogP contribution in [-0.2, 0) is 24.7 Å². The number of alkyl halides is 1. The third-order valence-electron chi connectivity index (χ3n) is 5.71. The summed E-state index contributed by atoms with van der Waals surface area (Å²) in [5, 5.41) is 2.48. The number of halogens is 1. The van der Waals surface area contributed by atoms with E-state index >= 15 is 4.39 Å². The summed E-state index contributed by atoms with van der Waals surface area (Å²) in [6.45, 7) is 3.58. The molecular weight excluding hydrogens is 495 g/mol. The van der Waals surface area contributed by atoms with Crippen LogP contribution >= 0.6 is 0 Å². The molecule has 200 valence electrons. The molecule has 9 nitrogen and oxygen atoms in total. The third kappa shape index (κ3) is 6.44. The monoisotopic (exact) mass is 524 g/mol. The molecule has 3 rings (SSSR count). The molecule has 1 heterocycles. The van der Waals surface area contributed by atoms with E-state index < -0.39 is 42.5 Å². The highest BCUT2D eigenvalue weighted by molar-refractivity contribution is 5.98. The second-order valence-electron chi connectivity index (χ2n) is 8.31. The van der Waals surface area contributed by atoms with E-state index in [1.165, 1.54) is 40.1 Å². The fraction of sp³-hybridized carbons (Fsp3) is 0.286. The Kier molecular flexibility index (Phi) is 9.37. The van der Waals surface area contributed by atoms with Crippen LogP contribution in [0.5, 0.6) is 11.5 Å². The van der Waals surface area contributed by atoms with Crippen molar-refractivity contribution in [2.45, 2.75) is 38.6 Å². The standard InChI is InChI=1S/C28H29FN2O7/c1-18(31-26(33)24-25(37-17-36-20(3)32)23(35-4)15-16-30-24)27(34)38-19(2)28(29,21-11-7-5-8-12-21)22-13-9-6-10-14-22/h5-16,18-19H,17H2,1-4H3,(H,31,33)/t18-,19-/m0/s1. The molecule has 0 aliphatic carbocycles. The molecule has 3 aromatic rings. The summed E-state index contributed by atoms with van der Waals surface area (Å²) in [6.07, 6.45) is 0.0750. The van der Waals surface area contributed by atoms with Gasteiger partial charge < -0.3 is 24.3 Å². The Balaban J connectivity index is 1.77. The van der Waals surface area contributed by atoms with Crippen LogP contribution in [0.1, 0.15) is 42.4 Å². The van der Waals surface area contributed by atoms with Gasteiger partial charge in [0.1, 0.15) is 12.1 Å². The van der Waals surface area contributed by atoms with Crippen LogP contribution in [0.3, 0.4) is 0 Å². The zero-order valence-electron chi connectivity index (χ0n) is 21.5. The Morgan fingerprint density at radius 3 is 2.08 bits per heavy atom. The minimum absolute atomic E-state index is 0.0846. The average molecular weight is 525 g/mol. The topological polar surface area (TPSA) is 113 Å². The van der Waals surface area contributed by atoms with Crippen molar-refractivity contribution >= 4 is 17.8 Å². The number of benzene rings is 2. The molecule has 1 aromatic heterocycles. The predicted octanol–water partition coefficient (Wildman–Crippen LogP) is 3.95. The molecule has 0 bridgehead atoms. The fourth-order valence-corrected chi connectivity index (χ4v) is 3.74. The number of methoxy groups -OCH3 is 1. The van der Waals surface area contributed by atoms with Crippen molar-refractivity contribution in [1.82, 2.24) is 10.3 Å². The lowest BCUT2D eigenvalue weighted by molar-refractivity contribution is -0.157. The van der Waals surface area contributed by atoms with Gasteiger partial charge in [0, 0.05) is 19.2 Å². The second-order valence-corrected chi connectivity index (χ2v) is 8.31. The van der Waals surface area contributed by atoms with Crippen molar-refractivity contribution in [3.8, 4) is 11.5 Å². The number of pyridine rings is 1. The summed E-state index contributed by atoms with van der Waals surface area (Å²) in [7, 11) is 1.36. The summed E-state index contributed by atoms with van der Waals surface area (Å²) in [5.41, 5.74) is -1.72. The number of nitrogens with zero attached hydrogens (tertiary/aromatic N) is 1. The molecule has 0 radical (unpaired) electrons. The first-order valence-corrected chi connectivity index (χ1v) is 11.8. The van der Waals surface area contributed by atoms with Crippen LogP contribution in [0.2, 0.25) is 0 Å². The van der Waals surface area contributed by atoms with Gasteiger partial charge in [0.2, 0.25) is 6.79 Å². The summed E-state index contributed by atoms with van der Waals surface area (Å²) in [5.74, 6) is -2.14. The van der Waals surface area contributed by atoms with Crippen molar-refractivity contribution in [3.05, 3.63) is 89.7 Å². The van der Waals surface area contributed by atoms with Gasteiger partial charge in [0.05, 0.1) is 7.11 Å². The lowest BCUT2D eigenvalue weighted by Crippen LogP contribution is -2.44. The highest BCUT2D eigenvalue weighted by Crippen LogP contribution is 2.39. The van der Waals surface area contributed by atoms with E-state index in [2.05, 4.69) is 10.3 Å². The first-order chi connectivity index (χ1) is 18.2. The van der Waals surface area contributed by atoms with Crippen LogP contribution in [-0.4, -0.2) is 48.9 Å². The lowest BCUT2D eigenvalue weighted by atomic mass is 9.84. The molecule has 10 heteroatoms. The first-order valence-electron chi connectivity index (χ1n) is 11.8. The molecule has 0 saturated carbocycles. The summed E-state index contributed by atoms with van der Waals surface area (Å²) < 4.78 is 37.5. The number of aromatic nitrogens is 1. The number of amides is 1. The second kappa shape index (κ2) is 12.7. The normalized spacial score (nSPS) is 12.6. The summed E-state index contributed by atoms with van der Waals surface area (Å²) >= 11 is 0. The van der Waals surface area contributed by atoms with Gasteiger partial charge in [0.25, 0.3) is 5.91 Å². The Labute approximate surface area is 219 Å². The Morgan fingerprint density at radius 1 is 0.974 bits per heavy atom. The molecule has 2 aromatic carbocycles. The van der Waals surface area contributed by atoms with Crippen LogP contribution in [0.25, 0.3) is 0 Å². The largest absolute Gasteiger partial charge is 0.493 e. The molecule has 2 atom stereocenters. The van der Waals surface area contributed by atoms with Gasteiger partial charge in [-0.2, -0.15) is 0 Å². The molecule has 0 spiro atoms. The van der Waals surface area contributed by atoms with Crippen LogP contribution in [0.15, 0.2) is 72.9 Å². The third-order valence-corrected chi connectivity index (χ3v) is 5.71. The van der Waals surface area contributed by atoms with E-state index in [1.54, 1.807) is 60.7 Å². The van der Waals surface area contributed by atoms with E-state index in [0.717, 1.165) is 0 Å². The molecule has 1 N–H and O–H groups in total. The number of rotatable bonds is 11. The van der Waals surface area contributed by atoms with Gasteiger partial charge in [-0.15, -0.1) is 0 Å². The van der Waals surface area contributed by atoms with Crippen LogP contribution in [0.4, 0.5) is 4.39 Å². The molecule has 0 aliphatic rings. The molecule has 0 saturated heterocycles. The van der Waals surface area contributed by atoms with E-state index in [4.69, 9.17) is 18.9 Å². The van der Waals surface area contributed by atoms with Crippen LogP contribution < -0.4 is 14.8 Å². The van der Waals surface area contributed by atoms with Crippen molar-refractivity contribution in [3.63, 3.8) is 0 Å². The van der Waals surface area contributed by atoms with Gasteiger partial charge in [-0.05, 0) is 25.0 Å². The van der Waals surface area contributed by atoms with E-state index in [0.29, 0.717) is 11.1 Å². The van der Waals surface area contributed by atoms with E-state index in [-0.39, 0.29) is 17.2 Å². The van der Waals surface area contributed by atoms with E-state index in [9.17, 15) is 14.4 Å². The minimum atomic E-state index is -2.14. The maximum atomic E-state index is 16.7. The highest BCUT2D eigenvalue weighted by atomic mass is 19.1. The highest BCUT2D eigenvalue weighted by Gasteiger charge is 2.43. The number of carbonyl (C=O) groups excluding carboxylic acids is 3. The van der Waals surface area contributed by atoms with Gasteiger partial charge in [0.15, 0.2) is 22.9 Å². The lowest BCUT2D eigenvalue weighted by Gasteiger charge is -2.32. The molecular formula is C28H29FN2O7. The summed E-state index contributed by atoms with van der Waals surface area (Å²) in [4.78, 5) is 41.0.